The summed E-state index contributed by atoms with van der Waals surface area (Å²) in [5, 5.41) is -0.621. The second-order valence-electron chi connectivity index (χ2n) is 5.72. The number of hydrogen-bond acceptors (Lipinski definition) is 2. The van der Waals surface area contributed by atoms with Gasteiger partial charge in [-0.05, 0) is 24.8 Å². The molecule has 21 heavy (non-hydrogen) atoms. The summed E-state index contributed by atoms with van der Waals surface area (Å²) in [6.07, 6.45) is 8.53. The molecule has 0 heterocycles. The van der Waals surface area contributed by atoms with E-state index >= 15 is 0 Å². The van der Waals surface area contributed by atoms with E-state index in [2.05, 4.69) is 6.92 Å². The van der Waals surface area contributed by atoms with E-state index in [0.29, 0.717) is 19.3 Å². The van der Waals surface area contributed by atoms with Crippen molar-refractivity contribution < 1.29 is 13.0 Å². The van der Waals surface area contributed by atoms with Crippen LogP contribution in [-0.4, -0.2) is 18.2 Å². The van der Waals surface area contributed by atoms with Gasteiger partial charge in [-0.15, -0.1) is 0 Å². The van der Waals surface area contributed by atoms with Crippen LogP contribution in [0.25, 0.3) is 0 Å². The summed E-state index contributed by atoms with van der Waals surface area (Å²) in [5.74, 6) is 0. The summed E-state index contributed by atoms with van der Waals surface area (Å²) >= 11 is 0. The molecule has 0 saturated carbocycles. The van der Waals surface area contributed by atoms with Crippen LogP contribution >= 0.6 is 0 Å². The Morgan fingerprint density at radius 2 is 1.57 bits per heavy atom. The molecule has 0 radical (unpaired) electrons. The lowest BCUT2D eigenvalue weighted by Gasteiger charge is -2.13. The molecule has 4 heteroatoms. The van der Waals surface area contributed by atoms with Crippen LogP contribution in [0, 0.1) is 0 Å². The van der Waals surface area contributed by atoms with E-state index in [0.717, 1.165) is 24.8 Å². The summed E-state index contributed by atoms with van der Waals surface area (Å²) in [5.41, 5.74) is 1.12. The van der Waals surface area contributed by atoms with E-state index in [4.69, 9.17) is 0 Å². The first-order chi connectivity index (χ1) is 10.0. The van der Waals surface area contributed by atoms with E-state index in [1.807, 2.05) is 30.3 Å². The van der Waals surface area contributed by atoms with Crippen molar-refractivity contribution in [1.82, 2.24) is 0 Å². The summed E-state index contributed by atoms with van der Waals surface area (Å²) < 4.78 is 32.3. The van der Waals surface area contributed by atoms with Crippen LogP contribution in [0.15, 0.2) is 30.3 Å². The number of aryl methyl sites for hydroxylation is 1. The average Bonchev–Trinajstić information content (AvgIpc) is 2.45. The van der Waals surface area contributed by atoms with E-state index in [1.165, 1.54) is 19.3 Å². The Labute approximate surface area is 129 Å². The maximum Gasteiger partial charge on any atom is 0.267 e. The topological polar surface area (TPSA) is 54.4 Å². The zero-order chi connectivity index (χ0) is 15.6. The Hall–Kier alpha value is -0.870. The minimum atomic E-state index is -3.93. The molecule has 1 atom stereocenters. The predicted molar refractivity (Wildman–Crippen MR) is 88.1 cm³/mol. The molecule has 120 valence electrons. The van der Waals surface area contributed by atoms with E-state index in [1.54, 1.807) is 0 Å². The Morgan fingerprint density at radius 1 is 0.952 bits per heavy atom. The van der Waals surface area contributed by atoms with Crippen molar-refractivity contribution in [2.45, 2.75) is 70.0 Å². The Balaban J connectivity index is 2.35. The molecule has 0 saturated heterocycles. The zero-order valence-corrected chi connectivity index (χ0v) is 13.8. The molecule has 0 unspecified atom stereocenters. The standard InChI is InChI=1S/C17H28O3S/c1-2-3-4-5-6-10-13-17(21(18,19)20)15-14-16-11-8-7-9-12-16/h7-9,11-12,17H,2-6,10,13-15H2,1H3,(H,18,19,20)/t17-/m1/s1. The van der Waals surface area contributed by atoms with Crippen molar-refractivity contribution in [2.24, 2.45) is 0 Å². The SMILES string of the molecule is CCCCCCCC[C@H](CCc1ccccc1)S(=O)(=O)O. The highest BCUT2D eigenvalue weighted by atomic mass is 32.2. The van der Waals surface area contributed by atoms with Gasteiger partial charge in [0.15, 0.2) is 0 Å². The summed E-state index contributed by atoms with van der Waals surface area (Å²) in [4.78, 5) is 0. The van der Waals surface area contributed by atoms with Gasteiger partial charge in [0, 0.05) is 0 Å². The van der Waals surface area contributed by atoms with Crippen molar-refractivity contribution in [2.75, 3.05) is 0 Å². The zero-order valence-electron chi connectivity index (χ0n) is 13.0. The fourth-order valence-corrected chi connectivity index (χ4v) is 3.45. The monoisotopic (exact) mass is 312 g/mol. The van der Waals surface area contributed by atoms with Crippen molar-refractivity contribution in [1.29, 1.82) is 0 Å². The molecule has 1 rings (SSSR count). The number of hydrogen-bond donors (Lipinski definition) is 1. The van der Waals surface area contributed by atoms with Gasteiger partial charge in [-0.25, -0.2) is 0 Å². The first kappa shape index (κ1) is 18.2. The minimum Gasteiger partial charge on any atom is -0.285 e. The molecular formula is C17H28O3S. The van der Waals surface area contributed by atoms with Crippen LogP contribution in [0.1, 0.15) is 63.9 Å². The van der Waals surface area contributed by atoms with Gasteiger partial charge in [-0.1, -0.05) is 75.8 Å². The molecule has 1 aromatic rings. The molecule has 0 fully saturated rings. The molecule has 0 aromatic heterocycles. The van der Waals surface area contributed by atoms with Crippen molar-refractivity contribution in [3.05, 3.63) is 35.9 Å². The first-order valence-electron chi connectivity index (χ1n) is 8.04. The number of benzene rings is 1. The molecule has 3 nitrogen and oxygen atoms in total. The summed E-state index contributed by atoms with van der Waals surface area (Å²) in [6, 6.07) is 9.83. The molecule has 1 N–H and O–H groups in total. The largest absolute Gasteiger partial charge is 0.285 e. The minimum absolute atomic E-state index is 0.498. The number of rotatable bonds is 11. The van der Waals surface area contributed by atoms with Crippen molar-refractivity contribution >= 4 is 10.1 Å². The maximum atomic E-state index is 11.5. The maximum absolute atomic E-state index is 11.5. The molecule has 1 aromatic carbocycles. The molecule has 0 bridgehead atoms. The van der Waals surface area contributed by atoms with Crippen molar-refractivity contribution in [3.63, 3.8) is 0 Å². The fourth-order valence-electron chi connectivity index (χ4n) is 2.57. The van der Waals surface area contributed by atoms with Crippen LogP contribution in [0.3, 0.4) is 0 Å². The van der Waals surface area contributed by atoms with Gasteiger partial charge in [-0.3, -0.25) is 4.55 Å². The molecule has 0 aliphatic heterocycles. The summed E-state index contributed by atoms with van der Waals surface area (Å²) in [7, 11) is -3.93. The van der Waals surface area contributed by atoms with E-state index in [-0.39, 0.29) is 0 Å². The van der Waals surface area contributed by atoms with Gasteiger partial charge >= 0.3 is 0 Å². The van der Waals surface area contributed by atoms with Gasteiger partial charge in [0.2, 0.25) is 0 Å². The lowest BCUT2D eigenvalue weighted by atomic mass is 10.0. The number of unbranched alkanes of at least 4 members (excludes halogenated alkanes) is 5. The predicted octanol–water partition coefficient (Wildman–Crippen LogP) is 4.63. The van der Waals surface area contributed by atoms with E-state index in [9.17, 15) is 13.0 Å². The average molecular weight is 312 g/mol. The van der Waals surface area contributed by atoms with Gasteiger partial charge in [0.1, 0.15) is 0 Å². The van der Waals surface area contributed by atoms with Gasteiger partial charge in [0.05, 0.1) is 5.25 Å². The van der Waals surface area contributed by atoms with Crippen LogP contribution in [0.4, 0.5) is 0 Å². The molecular weight excluding hydrogens is 284 g/mol. The lowest BCUT2D eigenvalue weighted by Crippen LogP contribution is -2.21. The second-order valence-corrected chi connectivity index (χ2v) is 7.41. The normalized spacial score (nSPS) is 13.2. The smallest absolute Gasteiger partial charge is 0.267 e. The first-order valence-corrected chi connectivity index (χ1v) is 9.54. The third-order valence-electron chi connectivity index (χ3n) is 3.90. The second kappa shape index (κ2) is 9.96. The summed E-state index contributed by atoms with van der Waals surface area (Å²) in [6.45, 7) is 2.18. The highest BCUT2D eigenvalue weighted by molar-refractivity contribution is 7.86. The molecule has 0 aliphatic rings. The van der Waals surface area contributed by atoms with E-state index < -0.39 is 15.4 Å². The lowest BCUT2D eigenvalue weighted by molar-refractivity contribution is 0.449. The third-order valence-corrected chi connectivity index (χ3v) is 5.21. The Bertz CT molecular complexity index is 468. The van der Waals surface area contributed by atoms with Crippen LogP contribution in [0.2, 0.25) is 0 Å². The van der Waals surface area contributed by atoms with Gasteiger partial charge in [-0.2, -0.15) is 8.42 Å². The van der Waals surface area contributed by atoms with Crippen LogP contribution < -0.4 is 0 Å². The van der Waals surface area contributed by atoms with Crippen LogP contribution in [0.5, 0.6) is 0 Å². The highest BCUT2D eigenvalue weighted by Crippen LogP contribution is 2.18. The Kier molecular flexibility index (Phi) is 8.62. The molecule has 0 spiro atoms. The third kappa shape index (κ3) is 8.22. The fraction of sp³-hybridized carbons (Fsp3) is 0.647. The van der Waals surface area contributed by atoms with Gasteiger partial charge < -0.3 is 0 Å². The molecule has 0 amide bonds. The highest BCUT2D eigenvalue weighted by Gasteiger charge is 2.22. The quantitative estimate of drug-likeness (QED) is 0.479. The van der Waals surface area contributed by atoms with Crippen LogP contribution in [-0.2, 0) is 16.5 Å². The van der Waals surface area contributed by atoms with Crippen molar-refractivity contribution in [3.8, 4) is 0 Å². The molecule has 0 aliphatic carbocycles. The van der Waals surface area contributed by atoms with Gasteiger partial charge in [0.25, 0.3) is 10.1 Å². The Morgan fingerprint density at radius 3 is 2.19 bits per heavy atom.